The molecule has 0 aromatic carbocycles. The number of carbonyl (C=O) groups is 1. The molecule has 0 radical (unpaired) electrons. The maximum absolute atomic E-state index is 11.5. The Morgan fingerprint density at radius 3 is 2.42 bits per heavy atom. The van der Waals surface area contributed by atoms with E-state index in [1.165, 1.54) is 0 Å². The highest BCUT2D eigenvalue weighted by Gasteiger charge is 2.15. The summed E-state index contributed by atoms with van der Waals surface area (Å²) in [4.78, 5) is 13.4. The van der Waals surface area contributed by atoms with E-state index in [4.69, 9.17) is 0 Å². The Morgan fingerprint density at radius 2 is 2.08 bits per heavy atom. The highest BCUT2D eigenvalue weighted by atomic mass is 32.1. The molecular formula is C9H19NOS. The smallest absolute Gasteiger partial charge is 0.223 e. The molecule has 0 fully saturated rings. The van der Waals surface area contributed by atoms with Gasteiger partial charge in [-0.25, -0.2) is 0 Å². The van der Waals surface area contributed by atoms with Crippen LogP contribution < -0.4 is 0 Å². The molecule has 2 nitrogen and oxygen atoms in total. The fourth-order valence-electron chi connectivity index (χ4n) is 1.19. The second-order valence-corrected chi connectivity index (χ2v) is 3.36. The van der Waals surface area contributed by atoms with E-state index >= 15 is 0 Å². The number of amides is 1. The van der Waals surface area contributed by atoms with Crippen LogP contribution in [0.15, 0.2) is 0 Å². The Labute approximate surface area is 80.7 Å². The molecule has 0 saturated heterocycles. The summed E-state index contributed by atoms with van der Waals surface area (Å²) in [6.07, 6.45) is 1.58. The zero-order valence-corrected chi connectivity index (χ0v) is 9.10. The van der Waals surface area contributed by atoms with Gasteiger partial charge in [0.05, 0.1) is 0 Å². The number of nitrogens with zero attached hydrogens (tertiary/aromatic N) is 1. The van der Waals surface area contributed by atoms with E-state index in [0.717, 1.165) is 13.0 Å². The zero-order valence-electron chi connectivity index (χ0n) is 8.21. The van der Waals surface area contributed by atoms with Crippen LogP contribution in [0.3, 0.4) is 0 Å². The van der Waals surface area contributed by atoms with Crippen molar-refractivity contribution in [3.8, 4) is 0 Å². The van der Waals surface area contributed by atoms with Gasteiger partial charge < -0.3 is 4.90 Å². The first-order valence-electron chi connectivity index (χ1n) is 4.57. The topological polar surface area (TPSA) is 20.3 Å². The molecule has 0 heterocycles. The Kier molecular flexibility index (Phi) is 6.25. The molecule has 0 N–H and O–H groups in total. The number of hydrogen-bond donors (Lipinski definition) is 1. The van der Waals surface area contributed by atoms with Crippen LogP contribution in [0.2, 0.25) is 0 Å². The quantitative estimate of drug-likeness (QED) is 0.655. The monoisotopic (exact) mass is 189 g/mol. The predicted octanol–water partition coefficient (Wildman–Crippen LogP) is 1.95. The van der Waals surface area contributed by atoms with E-state index < -0.39 is 0 Å². The molecule has 1 unspecified atom stereocenters. The predicted molar refractivity (Wildman–Crippen MR) is 55.6 cm³/mol. The molecule has 0 aliphatic rings. The normalized spacial score (nSPS) is 12.7. The van der Waals surface area contributed by atoms with Gasteiger partial charge in [-0.3, -0.25) is 4.79 Å². The van der Waals surface area contributed by atoms with Crippen molar-refractivity contribution >= 4 is 18.5 Å². The number of thiol groups is 1. The SMILES string of the molecule is CCC(C)N(CC)C(=O)CCS. The highest BCUT2D eigenvalue weighted by Crippen LogP contribution is 2.05. The number of rotatable bonds is 5. The lowest BCUT2D eigenvalue weighted by atomic mass is 10.2. The summed E-state index contributed by atoms with van der Waals surface area (Å²) in [5.74, 6) is 0.869. The third-order valence-corrected chi connectivity index (χ3v) is 2.33. The van der Waals surface area contributed by atoms with Crippen LogP contribution >= 0.6 is 12.6 Å². The minimum atomic E-state index is 0.224. The first-order chi connectivity index (χ1) is 5.67. The summed E-state index contributed by atoms with van der Waals surface area (Å²) in [5, 5.41) is 0. The summed E-state index contributed by atoms with van der Waals surface area (Å²) in [5.41, 5.74) is 0. The Bertz CT molecular complexity index is 138. The molecule has 0 bridgehead atoms. The summed E-state index contributed by atoms with van der Waals surface area (Å²) in [6, 6.07) is 0.363. The van der Waals surface area contributed by atoms with Gasteiger partial charge >= 0.3 is 0 Å². The maximum Gasteiger partial charge on any atom is 0.223 e. The Hall–Kier alpha value is -0.180. The van der Waals surface area contributed by atoms with E-state index in [9.17, 15) is 4.79 Å². The second-order valence-electron chi connectivity index (χ2n) is 2.91. The first kappa shape index (κ1) is 11.8. The van der Waals surface area contributed by atoms with Crippen LogP contribution in [0, 0.1) is 0 Å². The van der Waals surface area contributed by atoms with Gasteiger partial charge in [-0.15, -0.1) is 0 Å². The highest BCUT2D eigenvalue weighted by molar-refractivity contribution is 7.80. The van der Waals surface area contributed by atoms with Crippen LogP contribution in [0.25, 0.3) is 0 Å². The van der Waals surface area contributed by atoms with E-state index in [-0.39, 0.29) is 5.91 Å². The molecule has 1 atom stereocenters. The van der Waals surface area contributed by atoms with Crippen LogP contribution in [0.4, 0.5) is 0 Å². The third-order valence-electron chi connectivity index (χ3n) is 2.11. The molecule has 0 saturated carbocycles. The van der Waals surface area contributed by atoms with Crippen molar-refractivity contribution in [1.82, 2.24) is 4.90 Å². The minimum Gasteiger partial charge on any atom is -0.340 e. The van der Waals surface area contributed by atoms with Crippen molar-refractivity contribution in [2.45, 2.75) is 39.7 Å². The molecule has 0 aromatic heterocycles. The molecule has 72 valence electrons. The number of carbonyl (C=O) groups excluding carboxylic acids is 1. The average Bonchev–Trinajstić information content (AvgIpc) is 2.06. The molecular weight excluding hydrogens is 170 g/mol. The van der Waals surface area contributed by atoms with Crippen molar-refractivity contribution in [3.05, 3.63) is 0 Å². The van der Waals surface area contributed by atoms with Gasteiger partial charge in [0.15, 0.2) is 0 Å². The maximum atomic E-state index is 11.5. The zero-order chi connectivity index (χ0) is 9.56. The van der Waals surface area contributed by atoms with Crippen LogP contribution in [-0.4, -0.2) is 29.1 Å². The van der Waals surface area contributed by atoms with Gasteiger partial charge in [-0.2, -0.15) is 12.6 Å². The van der Waals surface area contributed by atoms with Gasteiger partial charge in [0.1, 0.15) is 0 Å². The summed E-state index contributed by atoms with van der Waals surface area (Å²) < 4.78 is 0. The minimum absolute atomic E-state index is 0.224. The molecule has 12 heavy (non-hydrogen) atoms. The fourth-order valence-corrected chi connectivity index (χ4v) is 1.38. The van der Waals surface area contributed by atoms with Crippen LogP contribution in [0.1, 0.15) is 33.6 Å². The molecule has 3 heteroatoms. The Morgan fingerprint density at radius 1 is 1.50 bits per heavy atom. The molecule has 0 spiro atoms. The van der Waals surface area contributed by atoms with E-state index in [1.807, 2.05) is 11.8 Å². The van der Waals surface area contributed by atoms with Crippen molar-refractivity contribution in [3.63, 3.8) is 0 Å². The van der Waals surface area contributed by atoms with Crippen molar-refractivity contribution < 1.29 is 4.79 Å². The summed E-state index contributed by atoms with van der Waals surface area (Å²) in [7, 11) is 0. The first-order valence-corrected chi connectivity index (χ1v) is 5.20. The summed E-state index contributed by atoms with van der Waals surface area (Å²) >= 11 is 4.04. The van der Waals surface area contributed by atoms with E-state index in [1.54, 1.807) is 0 Å². The molecule has 0 aromatic rings. The van der Waals surface area contributed by atoms with Crippen molar-refractivity contribution in [1.29, 1.82) is 0 Å². The molecule has 1 amide bonds. The van der Waals surface area contributed by atoms with Gasteiger partial charge in [0.2, 0.25) is 5.91 Å². The average molecular weight is 189 g/mol. The number of hydrogen-bond acceptors (Lipinski definition) is 2. The van der Waals surface area contributed by atoms with Gasteiger partial charge in [0.25, 0.3) is 0 Å². The molecule has 0 rings (SSSR count). The third kappa shape index (κ3) is 3.48. The molecule has 0 aliphatic carbocycles. The van der Waals surface area contributed by atoms with E-state index in [2.05, 4.69) is 26.5 Å². The lowest BCUT2D eigenvalue weighted by molar-refractivity contribution is -0.132. The van der Waals surface area contributed by atoms with Crippen LogP contribution in [0.5, 0.6) is 0 Å². The summed E-state index contributed by atoms with van der Waals surface area (Å²) in [6.45, 7) is 7.01. The largest absolute Gasteiger partial charge is 0.340 e. The van der Waals surface area contributed by atoms with Crippen molar-refractivity contribution in [2.75, 3.05) is 12.3 Å². The van der Waals surface area contributed by atoms with E-state index in [0.29, 0.717) is 18.2 Å². The van der Waals surface area contributed by atoms with Gasteiger partial charge in [-0.05, 0) is 26.0 Å². The van der Waals surface area contributed by atoms with Gasteiger partial charge in [-0.1, -0.05) is 6.92 Å². The standard InChI is InChI=1S/C9H19NOS/c1-4-8(3)10(5-2)9(11)6-7-12/h8,12H,4-7H2,1-3H3. The lowest BCUT2D eigenvalue weighted by Crippen LogP contribution is -2.38. The molecule has 0 aliphatic heterocycles. The second kappa shape index (κ2) is 6.35. The Balaban J connectivity index is 4.04. The van der Waals surface area contributed by atoms with Gasteiger partial charge in [0, 0.05) is 19.0 Å². The lowest BCUT2D eigenvalue weighted by Gasteiger charge is -2.27. The van der Waals surface area contributed by atoms with Crippen molar-refractivity contribution in [2.24, 2.45) is 0 Å². The van der Waals surface area contributed by atoms with Crippen LogP contribution in [-0.2, 0) is 4.79 Å². The fraction of sp³-hybridized carbons (Fsp3) is 0.889.